The van der Waals surface area contributed by atoms with E-state index >= 15 is 0 Å². The van der Waals surface area contributed by atoms with E-state index in [0.29, 0.717) is 32.1 Å². The number of halogens is 1. The minimum Gasteiger partial charge on any atom is -0.466 e. The largest absolute Gasteiger partial charge is 0.466 e. The molecule has 0 aliphatic heterocycles. The molecule has 0 saturated heterocycles. The summed E-state index contributed by atoms with van der Waals surface area (Å²) < 4.78 is 4.81. The molecule has 0 unspecified atom stereocenters. The summed E-state index contributed by atoms with van der Waals surface area (Å²) in [6, 6.07) is 0. The molecular weight excluding hydrogens is 333 g/mol. The average molecular weight is 355 g/mol. The molecule has 0 heterocycles. The lowest BCUT2D eigenvalue weighted by atomic mass is 10.3. The number of aliphatic imine (C=N–C) groups is 1. The van der Waals surface area contributed by atoms with Crippen molar-refractivity contribution in [2.24, 2.45) is 4.99 Å². The van der Waals surface area contributed by atoms with Crippen LogP contribution in [0.5, 0.6) is 0 Å². The lowest BCUT2D eigenvalue weighted by Gasteiger charge is -2.09. The van der Waals surface area contributed by atoms with Crippen LogP contribution in [0.25, 0.3) is 0 Å². The zero-order valence-electron chi connectivity index (χ0n) is 10.5. The molecule has 0 aromatic heterocycles. The summed E-state index contributed by atoms with van der Waals surface area (Å²) in [5.41, 5.74) is 0. The third kappa shape index (κ3) is 11.5. The molecule has 0 fully saturated rings. The molecule has 0 aromatic carbocycles. The Hall–Kier alpha value is -0.790. The topological polar surface area (TPSA) is 62.7 Å². The van der Waals surface area contributed by atoms with Crippen molar-refractivity contribution in [3.05, 3.63) is 12.7 Å². The predicted octanol–water partition coefficient (Wildman–Crippen LogP) is 1.30. The lowest BCUT2D eigenvalue weighted by Crippen LogP contribution is -2.37. The smallest absolute Gasteiger partial charge is 0.305 e. The van der Waals surface area contributed by atoms with Crippen LogP contribution < -0.4 is 10.6 Å². The molecule has 0 radical (unpaired) electrons. The number of rotatable bonds is 7. The van der Waals surface area contributed by atoms with E-state index < -0.39 is 0 Å². The van der Waals surface area contributed by atoms with Gasteiger partial charge >= 0.3 is 5.97 Å². The van der Waals surface area contributed by atoms with E-state index in [2.05, 4.69) is 22.2 Å². The van der Waals surface area contributed by atoms with Gasteiger partial charge in [-0.05, 0) is 13.3 Å². The molecule has 0 aromatic rings. The van der Waals surface area contributed by atoms with Crippen molar-refractivity contribution in [3.63, 3.8) is 0 Å². The summed E-state index contributed by atoms with van der Waals surface area (Å²) in [5, 5.41) is 6.12. The van der Waals surface area contributed by atoms with Gasteiger partial charge in [-0.1, -0.05) is 6.08 Å². The number of hydrogen-bond acceptors (Lipinski definition) is 3. The first-order valence-electron chi connectivity index (χ1n) is 5.45. The Morgan fingerprint density at radius 2 is 2.18 bits per heavy atom. The molecule has 0 aliphatic carbocycles. The van der Waals surface area contributed by atoms with E-state index in [9.17, 15) is 4.79 Å². The minimum atomic E-state index is -0.154. The fourth-order valence-corrected chi connectivity index (χ4v) is 1.06. The maximum atomic E-state index is 11.0. The van der Waals surface area contributed by atoms with Crippen molar-refractivity contribution in [2.45, 2.75) is 19.8 Å². The summed E-state index contributed by atoms with van der Waals surface area (Å²) in [6.07, 6.45) is 2.92. The first-order valence-corrected chi connectivity index (χ1v) is 5.45. The highest BCUT2D eigenvalue weighted by atomic mass is 127. The molecule has 17 heavy (non-hydrogen) atoms. The highest BCUT2D eigenvalue weighted by Gasteiger charge is 2.01. The number of carbonyl (C=O) groups is 1. The summed E-state index contributed by atoms with van der Waals surface area (Å²) in [7, 11) is 1.70. The van der Waals surface area contributed by atoms with Crippen molar-refractivity contribution < 1.29 is 9.53 Å². The van der Waals surface area contributed by atoms with E-state index in [-0.39, 0.29) is 29.9 Å². The van der Waals surface area contributed by atoms with Gasteiger partial charge in [0.1, 0.15) is 0 Å². The van der Waals surface area contributed by atoms with Crippen LogP contribution in [0.15, 0.2) is 17.6 Å². The standard InChI is InChI=1S/C11H21N3O2.HI/c1-4-8-13-11(12-3)14-9-6-7-10(15)16-5-2;/h4H,1,5-9H2,2-3H3,(H2,12,13,14);1H. The van der Waals surface area contributed by atoms with Crippen molar-refractivity contribution >= 4 is 35.9 Å². The SMILES string of the molecule is C=CCNC(=NC)NCCCC(=O)OCC.I. The molecule has 0 aliphatic rings. The Morgan fingerprint density at radius 1 is 1.47 bits per heavy atom. The second-order valence-electron chi connectivity index (χ2n) is 3.08. The van der Waals surface area contributed by atoms with Crippen LogP contribution in [0.1, 0.15) is 19.8 Å². The monoisotopic (exact) mass is 355 g/mol. The van der Waals surface area contributed by atoms with E-state index in [1.165, 1.54) is 0 Å². The lowest BCUT2D eigenvalue weighted by molar-refractivity contribution is -0.143. The van der Waals surface area contributed by atoms with E-state index in [1.54, 1.807) is 20.0 Å². The van der Waals surface area contributed by atoms with E-state index in [4.69, 9.17) is 4.74 Å². The molecule has 0 atom stereocenters. The Kier molecular flexibility index (Phi) is 14.5. The first kappa shape index (κ1) is 18.6. The normalized spacial score (nSPS) is 10.1. The second-order valence-corrected chi connectivity index (χ2v) is 3.08. The van der Waals surface area contributed by atoms with Gasteiger partial charge in [0, 0.05) is 26.6 Å². The number of esters is 1. The van der Waals surface area contributed by atoms with E-state index in [1.807, 2.05) is 0 Å². The number of nitrogens with zero attached hydrogens (tertiary/aromatic N) is 1. The molecular formula is C11H22IN3O2. The van der Waals surface area contributed by atoms with Gasteiger partial charge in [0.15, 0.2) is 5.96 Å². The van der Waals surface area contributed by atoms with Crippen LogP contribution >= 0.6 is 24.0 Å². The van der Waals surface area contributed by atoms with E-state index in [0.717, 1.165) is 6.42 Å². The molecule has 2 N–H and O–H groups in total. The number of carbonyl (C=O) groups excluding carboxylic acids is 1. The summed E-state index contributed by atoms with van der Waals surface area (Å²) in [5.74, 6) is 0.557. The highest BCUT2D eigenvalue weighted by Crippen LogP contribution is 1.91. The summed E-state index contributed by atoms with van der Waals surface area (Å²) >= 11 is 0. The third-order valence-corrected chi connectivity index (χ3v) is 1.79. The van der Waals surface area contributed by atoms with Gasteiger partial charge in [-0.15, -0.1) is 30.6 Å². The zero-order chi connectivity index (χ0) is 12.2. The van der Waals surface area contributed by atoms with Gasteiger partial charge in [0.2, 0.25) is 0 Å². The fraction of sp³-hybridized carbons (Fsp3) is 0.636. The molecule has 0 saturated carbocycles. The first-order chi connectivity index (χ1) is 7.74. The molecule has 0 amide bonds. The summed E-state index contributed by atoms with van der Waals surface area (Å²) in [4.78, 5) is 15.0. The molecule has 100 valence electrons. The van der Waals surface area contributed by atoms with Crippen molar-refractivity contribution in [3.8, 4) is 0 Å². The number of nitrogens with one attached hydrogen (secondary N) is 2. The Bertz CT molecular complexity index is 245. The van der Waals surface area contributed by atoms with Crippen LogP contribution in [-0.2, 0) is 9.53 Å². The summed E-state index contributed by atoms with van der Waals surface area (Å²) in [6.45, 7) is 7.20. The number of hydrogen-bond donors (Lipinski definition) is 2. The van der Waals surface area contributed by atoms with Gasteiger partial charge < -0.3 is 15.4 Å². The van der Waals surface area contributed by atoms with Crippen molar-refractivity contribution in [2.75, 3.05) is 26.7 Å². The molecule has 6 heteroatoms. The van der Waals surface area contributed by atoms with Gasteiger partial charge in [-0.3, -0.25) is 9.79 Å². The van der Waals surface area contributed by atoms with Gasteiger partial charge in [-0.25, -0.2) is 0 Å². The van der Waals surface area contributed by atoms with Gasteiger partial charge in [-0.2, -0.15) is 0 Å². The number of ether oxygens (including phenoxy) is 1. The third-order valence-electron chi connectivity index (χ3n) is 1.79. The van der Waals surface area contributed by atoms with Crippen LogP contribution in [0.4, 0.5) is 0 Å². The van der Waals surface area contributed by atoms with Crippen molar-refractivity contribution in [1.82, 2.24) is 10.6 Å². The fourth-order valence-electron chi connectivity index (χ4n) is 1.06. The van der Waals surface area contributed by atoms with Gasteiger partial charge in [0.05, 0.1) is 6.61 Å². The maximum Gasteiger partial charge on any atom is 0.305 e. The molecule has 5 nitrogen and oxygen atoms in total. The average Bonchev–Trinajstić information content (AvgIpc) is 2.28. The van der Waals surface area contributed by atoms with Crippen LogP contribution in [0.2, 0.25) is 0 Å². The maximum absolute atomic E-state index is 11.0. The number of guanidine groups is 1. The van der Waals surface area contributed by atoms with Gasteiger partial charge in [0.25, 0.3) is 0 Å². The quantitative estimate of drug-likeness (QED) is 0.181. The molecule has 0 spiro atoms. The highest BCUT2D eigenvalue weighted by molar-refractivity contribution is 14.0. The Morgan fingerprint density at radius 3 is 2.71 bits per heavy atom. The van der Waals surface area contributed by atoms with Crippen LogP contribution in [0, 0.1) is 0 Å². The Labute approximate surface area is 120 Å². The predicted molar refractivity (Wildman–Crippen MR) is 80.8 cm³/mol. The van der Waals surface area contributed by atoms with Crippen molar-refractivity contribution in [1.29, 1.82) is 0 Å². The second kappa shape index (κ2) is 13.3. The minimum absolute atomic E-state index is 0. The van der Waals surface area contributed by atoms with Crippen LogP contribution in [-0.4, -0.2) is 38.7 Å². The molecule has 0 rings (SSSR count). The zero-order valence-corrected chi connectivity index (χ0v) is 12.8. The Balaban J connectivity index is 0. The van der Waals surface area contributed by atoms with Crippen LogP contribution in [0.3, 0.4) is 0 Å². The molecule has 0 bridgehead atoms.